The van der Waals surface area contributed by atoms with Crippen molar-refractivity contribution in [3.63, 3.8) is 0 Å². The summed E-state index contributed by atoms with van der Waals surface area (Å²) in [4.78, 5) is 2.59. The van der Waals surface area contributed by atoms with Crippen molar-refractivity contribution >= 4 is 15.9 Å². The molecule has 2 atom stereocenters. The molecule has 3 aliphatic rings. The van der Waals surface area contributed by atoms with Gasteiger partial charge in [0.2, 0.25) is 0 Å². The lowest BCUT2D eigenvalue weighted by atomic mass is 9.87. The van der Waals surface area contributed by atoms with E-state index in [0.29, 0.717) is 0 Å². The molecule has 1 aromatic rings. The van der Waals surface area contributed by atoms with Gasteiger partial charge < -0.3 is 10.5 Å². The molecule has 1 saturated carbocycles. The Morgan fingerprint density at radius 2 is 2.21 bits per heavy atom. The Morgan fingerprint density at radius 3 is 3.00 bits per heavy atom. The van der Waals surface area contributed by atoms with Crippen molar-refractivity contribution in [2.75, 3.05) is 13.1 Å². The van der Waals surface area contributed by atoms with Gasteiger partial charge >= 0.3 is 0 Å². The van der Waals surface area contributed by atoms with Crippen LogP contribution in [-0.4, -0.2) is 29.6 Å². The molecule has 0 radical (unpaired) electrons. The maximum atomic E-state index is 6.39. The second-order valence-corrected chi connectivity index (χ2v) is 7.15. The minimum absolute atomic E-state index is 0.0389. The highest BCUT2D eigenvalue weighted by atomic mass is 79.9. The van der Waals surface area contributed by atoms with Crippen LogP contribution in [0.3, 0.4) is 0 Å². The molecule has 1 aromatic carbocycles. The van der Waals surface area contributed by atoms with E-state index in [9.17, 15) is 0 Å². The van der Waals surface area contributed by atoms with E-state index in [1.165, 1.54) is 19.4 Å². The third kappa shape index (κ3) is 2.10. The van der Waals surface area contributed by atoms with E-state index in [1.54, 1.807) is 0 Å². The number of hydrogen-bond acceptors (Lipinski definition) is 3. The summed E-state index contributed by atoms with van der Waals surface area (Å²) in [5.74, 6) is 0.986. The number of fused-ring (bicyclic) bond motifs is 1. The van der Waals surface area contributed by atoms with Gasteiger partial charge in [0.15, 0.2) is 0 Å². The maximum Gasteiger partial charge on any atom is 0.125 e. The molecule has 1 spiro atoms. The quantitative estimate of drug-likeness (QED) is 0.864. The zero-order valence-corrected chi connectivity index (χ0v) is 12.5. The number of halogens is 1. The van der Waals surface area contributed by atoms with Crippen LogP contribution in [0.2, 0.25) is 0 Å². The van der Waals surface area contributed by atoms with Crippen LogP contribution in [0, 0.1) is 0 Å². The van der Waals surface area contributed by atoms with E-state index >= 15 is 0 Å². The Balaban J connectivity index is 1.62. The van der Waals surface area contributed by atoms with Crippen LogP contribution in [0.15, 0.2) is 22.7 Å². The monoisotopic (exact) mass is 322 g/mol. The first-order valence-electron chi connectivity index (χ1n) is 7.13. The molecule has 4 heteroatoms. The zero-order chi connectivity index (χ0) is 13.0. The summed E-state index contributed by atoms with van der Waals surface area (Å²) in [6, 6.07) is 7.12. The van der Waals surface area contributed by atoms with Gasteiger partial charge in [0, 0.05) is 48.1 Å². The number of nitrogens with two attached hydrogens (primary N) is 1. The van der Waals surface area contributed by atoms with Crippen LogP contribution in [0.5, 0.6) is 5.75 Å². The number of benzene rings is 1. The molecule has 1 saturated heterocycles. The maximum absolute atomic E-state index is 6.39. The van der Waals surface area contributed by atoms with Crippen LogP contribution in [-0.2, 0) is 0 Å². The van der Waals surface area contributed by atoms with E-state index in [2.05, 4.69) is 33.0 Å². The smallest absolute Gasteiger partial charge is 0.125 e. The van der Waals surface area contributed by atoms with Crippen LogP contribution < -0.4 is 10.5 Å². The lowest BCUT2D eigenvalue weighted by Crippen LogP contribution is -2.45. The molecule has 102 valence electrons. The lowest BCUT2D eigenvalue weighted by Gasteiger charge is -2.39. The molecule has 4 rings (SSSR count). The van der Waals surface area contributed by atoms with Crippen molar-refractivity contribution in [2.24, 2.45) is 5.73 Å². The van der Waals surface area contributed by atoms with Crippen molar-refractivity contribution in [3.8, 4) is 5.75 Å². The van der Waals surface area contributed by atoms with Crippen LogP contribution in [0.25, 0.3) is 0 Å². The van der Waals surface area contributed by atoms with Crippen LogP contribution in [0.4, 0.5) is 0 Å². The summed E-state index contributed by atoms with van der Waals surface area (Å²) < 4.78 is 7.45. The molecule has 19 heavy (non-hydrogen) atoms. The molecular weight excluding hydrogens is 304 g/mol. The van der Waals surface area contributed by atoms with E-state index in [1.807, 2.05) is 6.07 Å². The molecule has 2 N–H and O–H groups in total. The molecule has 0 amide bonds. The predicted molar refractivity (Wildman–Crippen MR) is 78.3 cm³/mol. The molecule has 2 heterocycles. The zero-order valence-electron chi connectivity index (χ0n) is 10.9. The number of rotatable bonds is 1. The average Bonchev–Trinajstić information content (AvgIpc) is 3.15. The second kappa shape index (κ2) is 4.21. The Bertz CT molecular complexity index is 517. The van der Waals surface area contributed by atoms with Crippen molar-refractivity contribution in [2.45, 2.75) is 43.4 Å². The third-order valence-electron chi connectivity index (χ3n) is 4.70. The number of nitrogens with zero attached hydrogens (tertiary/aromatic N) is 1. The van der Waals surface area contributed by atoms with Gasteiger partial charge in [0.05, 0.1) is 0 Å². The normalized spacial score (nSPS) is 34.3. The first kappa shape index (κ1) is 12.2. The Hall–Kier alpha value is -0.580. The fourth-order valence-corrected chi connectivity index (χ4v) is 3.94. The van der Waals surface area contributed by atoms with Crippen molar-refractivity contribution in [3.05, 3.63) is 28.2 Å². The fraction of sp³-hybridized carbons (Fsp3) is 0.600. The van der Waals surface area contributed by atoms with E-state index < -0.39 is 0 Å². The largest absolute Gasteiger partial charge is 0.485 e. The van der Waals surface area contributed by atoms with Gasteiger partial charge in [-0.25, -0.2) is 0 Å². The van der Waals surface area contributed by atoms with Gasteiger partial charge in [-0.05, 0) is 31.0 Å². The summed E-state index contributed by atoms with van der Waals surface area (Å²) in [5, 5.41) is 0. The summed E-state index contributed by atoms with van der Waals surface area (Å²) in [6.45, 7) is 2.23. The number of likely N-dealkylation sites (tertiary alicyclic amines) is 1. The van der Waals surface area contributed by atoms with Gasteiger partial charge in [-0.3, -0.25) is 4.90 Å². The molecule has 2 fully saturated rings. The summed E-state index contributed by atoms with van der Waals surface area (Å²) in [5.41, 5.74) is 7.49. The highest BCUT2D eigenvalue weighted by molar-refractivity contribution is 9.10. The minimum Gasteiger partial charge on any atom is -0.485 e. The summed E-state index contributed by atoms with van der Waals surface area (Å²) >= 11 is 3.51. The highest BCUT2D eigenvalue weighted by Gasteiger charge is 2.48. The van der Waals surface area contributed by atoms with Gasteiger partial charge in [0.25, 0.3) is 0 Å². The highest BCUT2D eigenvalue weighted by Crippen LogP contribution is 2.45. The van der Waals surface area contributed by atoms with Gasteiger partial charge in [-0.15, -0.1) is 0 Å². The summed E-state index contributed by atoms with van der Waals surface area (Å²) in [7, 11) is 0. The molecular formula is C15H19BrN2O. The molecule has 3 nitrogen and oxygen atoms in total. The fourth-order valence-electron chi connectivity index (χ4n) is 3.56. The molecule has 1 aliphatic carbocycles. The van der Waals surface area contributed by atoms with Crippen molar-refractivity contribution in [1.82, 2.24) is 4.90 Å². The molecule has 0 bridgehead atoms. The van der Waals surface area contributed by atoms with Gasteiger partial charge in [-0.2, -0.15) is 0 Å². The minimum atomic E-state index is -0.0389. The SMILES string of the molecule is N[C@@H]1CC2(CCN(C3CC3)C2)Oc2ccc(Br)cc21. The Kier molecular flexibility index (Phi) is 2.70. The Morgan fingerprint density at radius 1 is 1.37 bits per heavy atom. The first-order valence-corrected chi connectivity index (χ1v) is 7.93. The standard InChI is InChI=1S/C15H19BrN2O/c16-10-1-4-14-12(7-10)13(17)8-15(19-14)5-6-18(9-15)11-2-3-11/h1,4,7,11,13H,2-3,5-6,8-9,17H2/t13-,15?/m1/s1. The van der Waals surface area contributed by atoms with Gasteiger partial charge in [-0.1, -0.05) is 15.9 Å². The number of ether oxygens (including phenoxy) is 1. The second-order valence-electron chi connectivity index (χ2n) is 6.23. The van der Waals surface area contributed by atoms with E-state index in [-0.39, 0.29) is 11.6 Å². The predicted octanol–water partition coefficient (Wildman–Crippen LogP) is 2.84. The lowest BCUT2D eigenvalue weighted by molar-refractivity contribution is 0.0433. The van der Waals surface area contributed by atoms with Gasteiger partial charge in [0.1, 0.15) is 11.4 Å². The summed E-state index contributed by atoms with van der Waals surface area (Å²) in [6.07, 6.45) is 4.80. The topological polar surface area (TPSA) is 38.5 Å². The van der Waals surface area contributed by atoms with Crippen molar-refractivity contribution in [1.29, 1.82) is 0 Å². The third-order valence-corrected chi connectivity index (χ3v) is 5.19. The molecule has 0 aromatic heterocycles. The van der Waals surface area contributed by atoms with Crippen molar-refractivity contribution < 1.29 is 4.74 Å². The average molecular weight is 323 g/mol. The first-order chi connectivity index (χ1) is 9.15. The molecule has 2 aliphatic heterocycles. The number of hydrogen-bond donors (Lipinski definition) is 1. The van der Waals surface area contributed by atoms with E-state index in [0.717, 1.165) is 41.2 Å². The van der Waals surface area contributed by atoms with Crippen LogP contribution >= 0.6 is 15.9 Å². The molecule has 1 unspecified atom stereocenters. The van der Waals surface area contributed by atoms with Crippen LogP contribution in [0.1, 0.15) is 37.3 Å². The van der Waals surface area contributed by atoms with E-state index in [4.69, 9.17) is 10.5 Å². The Labute approximate surface area is 122 Å².